The number of fused-ring (bicyclic) bond motifs is 1. The Hall–Kier alpha value is -2.43. The van der Waals surface area contributed by atoms with Crippen LogP contribution in [0.15, 0.2) is 30.7 Å². The van der Waals surface area contributed by atoms with E-state index < -0.39 is 0 Å². The highest BCUT2D eigenvalue weighted by atomic mass is 16.5. The van der Waals surface area contributed by atoms with Crippen LogP contribution in [0.4, 0.5) is 0 Å². The van der Waals surface area contributed by atoms with Gasteiger partial charge in [-0.2, -0.15) is 5.10 Å². The Labute approximate surface area is 116 Å². The molecule has 1 aliphatic carbocycles. The molecule has 0 radical (unpaired) electrons. The minimum atomic E-state index is 0.355. The molecule has 4 rings (SSSR count). The van der Waals surface area contributed by atoms with Crippen molar-refractivity contribution < 1.29 is 4.74 Å². The topological polar surface area (TPSA) is 63.7 Å². The number of pyridine rings is 2. The van der Waals surface area contributed by atoms with E-state index in [1.165, 1.54) is 0 Å². The summed E-state index contributed by atoms with van der Waals surface area (Å²) in [6.07, 6.45) is 7.98. The van der Waals surface area contributed by atoms with Gasteiger partial charge < -0.3 is 4.74 Å². The molecule has 0 unspecified atom stereocenters. The SMILES string of the molecule is Cc1nc(-c2cnccc2OC2CC2)cc2[nH]ncc12. The zero-order valence-electron chi connectivity index (χ0n) is 11.1. The molecular weight excluding hydrogens is 252 g/mol. The summed E-state index contributed by atoms with van der Waals surface area (Å²) >= 11 is 0. The maximum atomic E-state index is 5.94. The van der Waals surface area contributed by atoms with Crippen molar-refractivity contribution in [2.75, 3.05) is 0 Å². The first kappa shape index (κ1) is 11.4. The van der Waals surface area contributed by atoms with E-state index in [0.29, 0.717) is 6.10 Å². The molecule has 1 fully saturated rings. The fourth-order valence-electron chi connectivity index (χ4n) is 2.28. The van der Waals surface area contributed by atoms with Gasteiger partial charge in [0.2, 0.25) is 0 Å². The molecule has 0 amide bonds. The highest BCUT2D eigenvalue weighted by Gasteiger charge is 2.25. The molecule has 3 heterocycles. The number of ether oxygens (including phenoxy) is 1. The average Bonchev–Trinajstić information content (AvgIpc) is 3.13. The van der Waals surface area contributed by atoms with Gasteiger partial charge in [0.15, 0.2) is 0 Å². The lowest BCUT2D eigenvalue weighted by atomic mass is 10.1. The van der Waals surface area contributed by atoms with Gasteiger partial charge in [-0.25, -0.2) is 0 Å². The van der Waals surface area contributed by atoms with Crippen LogP contribution in [0, 0.1) is 6.92 Å². The van der Waals surface area contributed by atoms with Crippen LogP contribution in [0.2, 0.25) is 0 Å². The number of nitrogens with zero attached hydrogens (tertiary/aromatic N) is 3. The maximum absolute atomic E-state index is 5.94. The molecule has 20 heavy (non-hydrogen) atoms. The first-order valence-corrected chi connectivity index (χ1v) is 6.73. The van der Waals surface area contributed by atoms with Crippen molar-refractivity contribution in [3.8, 4) is 17.0 Å². The Bertz CT molecular complexity index is 776. The highest BCUT2D eigenvalue weighted by Crippen LogP contribution is 2.34. The Morgan fingerprint density at radius 3 is 3.05 bits per heavy atom. The smallest absolute Gasteiger partial charge is 0.132 e. The van der Waals surface area contributed by atoms with Crippen LogP contribution in [-0.2, 0) is 0 Å². The van der Waals surface area contributed by atoms with Gasteiger partial charge in [0, 0.05) is 23.5 Å². The lowest BCUT2D eigenvalue weighted by Crippen LogP contribution is -1.99. The number of nitrogens with one attached hydrogen (secondary N) is 1. The van der Waals surface area contributed by atoms with Crippen molar-refractivity contribution >= 4 is 10.9 Å². The molecule has 3 aromatic rings. The van der Waals surface area contributed by atoms with Gasteiger partial charge in [0.1, 0.15) is 5.75 Å². The summed E-state index contributed by atoms with van der Waals surface area (Å²) in [7, 11) is 0. The van der Waals surface area contributed by atoms with Gasteiger partial charge in [-0.3, -0.25) is 15.1 Å². The number of aromatic nitrogens is 4. The Kier molecular flexibility index (Phi) is 2.45. The molecule has 0 bridgehead atoms. The summed E-state index contributed by atoms with van der Waals surface area (Å²) in [5.74, 6) is 0.855. The summed E-state index contributed by atoms with van der Waals surface area (Å²) in [4.78, 5) is 8.85. The van der Waals surface area contributed by atoms with Crippen molar-refractivity contribution in [1.29, 1.82) is 0 Å². The molecular formula is C15H14N4O. The molecule has 100 valence electrons. The molecule has 5 heteroatoms. The second-order valence-corrected chi connectivity index (χ2v) is 5.11. The Morgan fingerprint density at radius 2 is 2.20 bits per heavy atom. The number of rotatable bonds is 3. The van der Waals surface area contributed by atoms with Gasteiger partial charge in [-0.05, 0) is 31.9 Å². The summed E-state index contributed by atoms with van der Waals surface area (Å²) in [6, 6.07) is 3.90. The van der Waals surface area contributed by atoms with E-state index in [4.69, 9.17) is 4.74 Å². The maximum Gasteiger partial charge on any atom is 0.132 e. The van der Waals surface area contributed by atoms with Gasteiger partial charge in [0.25, 0.3) is 0 Å². The molecule has 1 saturated carbocycles. The Balaban J connectivity index is 1.85. The molecule has 0 atom stereocenters. The first-order valence-electron chi connectivity index (χ1n) is 6.73. The van der Waals surface area contributed by atoms with Crippen molar-refractivity contribution in [1.82, 2.24) is 20.2 Å². The average molecular weight is 266 g/mol. The summed E-state index contributed by atoms with van der Waals surface area (Å²) < 4.78 is 5.94. The van der Waals surface area contributed by atoms with Crippen molar-refractivity contribution in [2.24, 2.45) is 0 Å². The zero-order chi connectivity index (χ0) is 13.5. The minimum absolute atomic E-state index is 0.355. The second-order valence-electron chi connectivity index (χ2n) is 5.11. The van der Waals surface area contributed by atoms with Crippen LogP contribution >= 0.6 is 0 Å². The highest BCUT2D eigenvalue weighted by molar-refractivity contribution is 5.84. The summed E-state index contributed by atoms with van der Waals surface area (Å²) in [5, 5.41) is 8.10. The van der Waals surface area contributed by atoms with Gasteiger partial charge in [0.05, 0.1) is 29.1 Å². The van der Waals surface area contributed by atoms with E-state index >= 15 is 0 Å². The van der Waals surface area contributed by atoms with Crippen LogP contribution in [-0.4, -0.2) is 26.3 Å². The van der Waals surface area contributed by atoms with E-state index in [0.717, 1.165) is 46.4 Å². The standard InChI is InChI=1S/C15H14N4O/c1-9-11-8-17-19-14(11)6-13(18-9)12-7-16-5-4-15(12)20-10-2-3-10/h4-8,10H,2-3H2,1H3,(H,17,19). The molecule has 0 aromatic carbocycles. The third-order valence-electron chi connectivity index (χ3n) is 3.50. The molecule has 0 aliphatic heterocycles. The number of hydrogen-bond donors (Lipinski definition) is 1. The zero-order valence-corrected chi connectivity index (χ0v) is 11.1. The van der Waals surface area contributed by atoms with Crippen molar-refractivity contribution in [2.45, 2.75) is 25.9 Å². The lowest BCUT2D eigenvalue weighted by molar-refractivity contribution is 0.304. The fraction of sp³-hybridized carbons (Fsp3) is 0.267. The fourth-order valence-corrected chi connectivity index (χ4v) is 2.28. The summed E-state index contributed by atoms with van der Waals surface area (Å²) in [5.41, 5.74) is 3.73. The molecule has 1 aliphatic rings. The molecule has 0 spiro atoms. The number of hydrogen-bond acceptors (Lipinski definition) is 4. The second kappa shape index (κ2) is 4.30. The van der Waals surface area contributed by atoms with Gasteiger partial charge in [-0.15, -0.1) is 0 Å². The van der Waals surface area contributed by atoms with Crippen molar-refractivity contribution in [3.63, 3.8) is 0 Å². The molecule has 3 aromatic heterocycles. The van der Waals surface area contributed by atoms with E-state index in [1.54, 1.807) is 12.4 Å². The molecule has 1 N–H and O–H groups in total. The van der Waals surface area contributed by atoms with Crippen LogP contribution in [0.25, 0.3) is 22.2 Å². The van der Waals surface area contributed by atoms with Gasteiger partial charge in [-0.1, -0.05) is 0 Å². The number of aryl methyl sites for hydroxylation is 1. The predicted octanol–water partition coefficient (Wildman–Crippen LogP) is 2.87. The normalized spacial score (nSPS) is 14.7. The van der Waals surface area contributed by atoms with E-state index in [9.17, 15) is 0 Å². The minimum Gasteiger partial charge on any atom is -0.490 e. The summed E-state index contributed by atoms with van der Waals surface area (Å²) in [6.45, 7) is 1.99. The number of aromatic amines is 1. The quantitative estimate of drug-likeness (QED) is 0.791. The van der Waals surface area contributed by atoms with Crippen LogP contribution in [0.5, 0.6) is 5.75 Å². The van der Waals surface area contributed by atoms with Crippen LogP contribution in [0.1, 0.15) is 18.5 Å². The third kappa shape index (κ3) is 1.91. The van der Waals surface area contributed by atoms with Gasteiger partial charge >= 0.3 is 0 Å². The Morgan fingerprint density at radius 1 is 1.30 bits per heavy atom. The lowest BCUT2D eigenvalue weighted by Gasteiger charge is -2.10. The van der Waals surface area contributed by atoms with E-state index in [1.807, 2.05) is 25.3 Å². The largest absolute Gasteiger partial charge is 0.490 e. The molecule has 5 nitrogen and oxygen atoms in total. The predicted molar refractivity (Wildman–Crippen MR) is 75.5 cm³/mol. The monoisotopic (exact) mass is 266 g/mol. The van der Waals surface area contributed by atoms with E-state index in [2.05, 4.69) is 20.2 Å². The molecule has 0 saturated heterocycles. The van der Waals surface area contributed by atoms with E-state index in [-0.39, 0.29) is 0 Å². The third-order valence-corrected chi connectivity index (χ3v) is 3.50. The number of H-pyrrole nitrogens is 1. The van der Waals surface area contributed by atoms with Crippen molar-refractivity contribution in [3.05, 3.63) is 36.4 Å². The van der Waals surface area contributed by atoms with Crippen LogP contribution < -0.4 is 4.74 Å². The first-order chi connectivity index (χ1) is 9.81. The van der Waals surface area contributed by atoms with Crippen LogP contribution in [0.3, 0.4) is 0 Å².